The molecule has 0 aliphatic rings. The van der Waals surface area contributed by atoms with Gasteiger partial charge in [0, 0.05) is 0 Å². The number of esters is 1. The Morgan fingerprint density at radius 2 is 1.87 bits per heavy atom. The van der Waals surface area contributed by atoms with Gasteiger partial charge in [0.2, 0.25) is 10.0 Å². The molecule has 0 saturated heterocycles. The van der Waals surface area contributed by atoms with Crippen LogP contribution in [0.1, 0.15) is 13.8 Å². The zero-order valence-electron chi connectivity index (χ0n) is 8.60. The van der Waals surface area contributed by atoms with Gasteiger partial charge in [0.1, 0.15) is 5.54 Å². The Balaban J connectivity index is 4.66. The number of aliphatic carboxylic acids is 1. The third-order valence-corrected chi connectivity index (χ3v) is 2.92. The first-order chi connectivity index (χ1) is 6.60. The fourth-order valence-electron chi connectivity index (χ4n) is 0.683. The molecule has 0 aliphatic heterocycles. The van der Waals surface area contributed by atoms with Crippen LogP contribution in [0.2, 0.25) is 0 Å². The largest absolute Gasteiger partial charge is 0.480 e. The highest BCUT2D eigenvalue weighted by Gasteiger charge is 2.33. The molecule has 0 rings (SSSR count). The number of ether oxygens (including phenoxy) is 1. The first-order valence-corrected chi connectivity index (χ1v) is 5.58. The van der Waals surface area contributed by atoms with E-state index in [-0.39, 0.29) is 0 Å². The Kier molecular flexibility index (Phi) is 4.23. The van der Waals surface area contributed by atoms with E-state index in [0.717, 1.165) is 7.11 Å². The van der Waals surface area contributed by atoms with Crippen molar-refractivity contribution < 1.29 is 27.9 Å². The molecule has 0 bridgehead atoms. The number of carboxylic acids is 1. The SMILES string of the molecule is COC(=O)CS(=O)(=O)NC(C)(C)C(=O)O. The quantitative estimate of drug-likeness (QED) is 0.592. The van der Waals surface area contributed by atoms with Crippen molar-refractivity contribution in [3.8, 4) is 0 Å². The van der Waals surface area contributed by atoms with E-state index in [1.807, 2.05) is 4.72 Å². The zero-order chi connectivity index (χ0) is 12.3. The van der Waals surface area contributed by atoms with E-state index in [2.05, 4.69) is 4.74 Å². The predicted octanol–water partition coefficient (Wildman–Crippen LogP) is -1.06. The molecule has 0 fully saturated rings. The van der Waals surface area contributed by atoms with Crippen molar-refractivity contribution in [3.63, 3.8) is 0 Å². The Labute approximate surface area is 87.5 Å². The molecular weight excluding hydrogens is 226 g/mol. The summed E-state index contributed by atoms with van der Waals surface area (Å²) in [6.07, 6.45) is 0. The lowest BCUT2D eigenvalue weighted by atomic mass is 10.1. The fraction of sp³-hybridized carbons (Fsp3) is 0.714. The van der Waals surface area contributed by atoms with Crippen molar-refractivity contribution in [2.75, 3.05) is 12.9 Å². The van der Waals surface area contributed by atoms with Gasteiger partial charge < -0.3 is 9.84 Å². The first kappa shape index (κ1) is 13.8. The van der Waals surface area contributed by atoms with Crippen LogP contribution in [0.3, 0.4) is 0 Å². The summed E-state index contributed by atoms with van der Waals surface area (Å²) in [7, 11) is -2.96. The minimum Gasteiger partial charge on any atom is -0.480 e. The van der Waals surface area contributed by atoms with Crippen LogP contribution < -0.4 is 4.72 Å². The van der Waals surface area contributed by atoms with Crippen LogP contribution in [0, 0.1) is 0 Å². The zero-order valence-corrected chi connectivity index (χ0v) is 9.42. The van der Waals surface area contributed by atoms with Gasteiger partial charge in [0.15, 0.2) is 5.75 Å². The summed E-state index contributed by atoms with van der Waals surface area (Å²) in [6, 6.07) is 0. The van der Waals surface area contributed by atoms with E-state index in [1.165, 1.54) is 13.8 Å². The number of hydrogen-bond donors (Lipinski definition) is 2. The number of carboxylic acid groups (broad SMARTS) is 1. The van der Waals surface area contributed by atoms with Gasteiger partial charge in [-0.1, -0.05) is 0 Å². The number of carbonyl (C=O) groups excluding carboxylic acids is 1. The molecule has 15 heavy (non-hydrogen) atoms. The molecule has 0 atom stereocenters. The average Bonchev–Trinajstić information content (AvgIpc) is 2.00. The molecule has 0 spiro atoms. The summed E-state index contributed by atoms with van der Waals surface area (Å²) >= 11 is 0. The average molecular weight is 239 g/mol. The summed E-state index contributed by atoms with van der Waals surface area (Å²) in [5.41, 5.74) is -1.66. The van der Waals surface area contributed by atoms with E-state index in [9.17, 15) is 18.0 Å². The molecule has 0 aromatic carbocycles. The summed E-state index contributed by atoms with van der Waals surface area (Å²) in [4.78, 5) is 21.3. The second-order valence-corrected chi connectivity index (χ2v) is 5.09. The van der Waals surface area contributed by atoms with Gasteiger partial charge in [-0.05, 0) is 13.8 Å². The Morgan fingerprint density at radius 1 is 1.40 bits per heavy atom. The summed E-state index contributed by atoms with van der Waals surface area (Å²) in [6.45, 7) is 2.34. The molecule has 0 aliphatic carbocycles. The normalized spacial score (nSPS) is 12.2. The highest BCUT2D eigenvalue weighted by Crippen LogP contribution is 2.04. The van der Waals surface area contributed by atoms with Gasteiger partial charge in [0.05, 0.1) is 7.11 Å². The second-order valence-electron chi connectivity index (χ2n) is 3.37. The number of hydrogen-bond acceptors (Lipinski definition) is 5. The smallest absolute Gasteiger partial charge is 0.324 e. The van der Waals surface area contributed by atoms with E-state index >= 15 is 0 Å². The molecule has 0 amide bonds. The standard InChI is InChI=1S/C7H13NO6S/c1-7(2,6(10)11)8-15(12,13)4-5(9)14-3/h8H,4H2,1-3H3,(H,10,11). The molecule has 8 heteroatoms. The van der Waals surface area contributed by atoms with Gasteiger partial charge in [-0.2, -0.15) is 4.72 Å². The number of sulfonamides is 1. The summed E-state index contributed by atoms with van der Waals surface area (Å²) < 4.78 is 28.5. The second kappa shape index (κ2) is 4.58. The molecule has 0 radical (unpaired) electrons. The van der Waals surface area contributed by atoms with Crippen LogP contribution in [0.5, 0.6) is 0 Å². The first-order valence-electron chi connectivity index (χ1n) is 3.92. The van der Waals surface area contributed by atoms with E-state index < -0.39 is 33.3 Å². The van der Waals surface area contributed by atoms with Crippen molar-refractivity contribution in [1.82, 2.24) is 4.72 Å². The maximum Gasteiger partial charge on any atom is 0.324 e. The highest BCUT2D eigenvalue weighted by atomic mass is 32.2. The molecule has 0 aromatic rings. The van der Waals surface area contributed by atoms with Crippen molar-refractivity contribution >= 4 is 22.0 Å². The topological polar surface area (TPSA) is 110 Å². The number of rotatable bonds is 5. The van der Waals surface area contributed by atoms with E-state index in [1.54, 1.807) is 0 Å². The molecule has 2 N–H and O–H groups in total. The Hall–Kier alpha value is -1.15. The van der Waals surface area contributed by atoms with Crippen LogP contribution in [0.4, 0.5) is 0 Å². The van der Waals surface area contributed by atoms with Crippen LogP contribution in [-0.2, 0) is 24.3 Å². The van der Waals surface area contributed by atoms with Gasteiger partial charge in [-0.3, -0.25) is 9.59 Å². The van der Waals surface area contributed by atoms with Crippen LogP contribution in [0.25, 0.3) is 0 Å². The van der Waals surface area contributed by atoms with Crippen LogP contribution >= 0.6 is 0 Å². The van der Waals surface area contributed by atoms with Crippen LogP contribution in [-0.4, -0.2) is 43.9 Å². The number of carbonyl (C=O) groups is 2. The Bertz CT molecular complexity index is 358. The lowest BCUT2D eigenvalue weighted by Crippen LogP contribution is -2.51. The van der Waals surface area contributed by atoms with Crippen molar-refractivity contribution in [1.29, 1.82) is 0 Å². The maximum absolute atomic E-state index is 11.2. The lowest BCUT2D eigenvalue weighted by Gasteiger charge is -2.20. The molecule has 7 nitrogen and oxygen atoms in total. The van der Waals surface area contributed by atoms with E-state index in [0.29, 0.717) is 0 Å². The monoisotopic (exact) mass is 239 g/mol. The minimum absolute atomic E-state index is 0.903. The van der Waals surface area contributed by atoms with Crippen LogP contribution in [0.15, 0.2) is 0 Å². The molecule has 88 valence electrons. The van der Waals surface area contributed by atoms with Gasteiger partial charge >= 0.3 is 11.9 Å². The van der Waals surface area contributed by atoms with Gasteiger partial charge in [-0.15, -0.1) is 0 Å². The van der Waals surface area contributed by atoms with Gasteiger partial charge in [-0.25, -0.2) is 8.42 Å². The third-order valence-electron chi connectivity index (χ3n) is 1.48. The predicted molar refractivity (Wildman–Crippen MR) is 50.7 cm³/mol. The van der Waals surface area contributed by atoms with Gasteiger partial charge in [0.25, 0.3) is 0 Å². The molecule has 0 unspecified atom stereocenters. The summed E-state index contributed by atoms with van der Waals surface area (Å²) in [5, 5.41) is 8.65. The van der Waals surface area contributed by atoms with Crippen molar-refractivity contribution in [3.05, 3.63) is 0 Å². The van der Waals surface area contributed by atoms with Crippen molar-refractivity contribution in [2.45, 2.75) is 19.4 Å². The minimum atomic E-state index is -4.00. The lowest BCUT2D eigenvalue weighted by molar-refractivity contribution is -0.143. The molecular formula is C7H13NO6S. The van der Waals surface area contributed by atoms with Crippen molar-refractivity contribution in [2.24, 2.45) is 0 Å². The number of methoxy groups -OCH3 is 1. The third kappa shape index (κ3) is 4.75. The molecule has 0 saturated carbocycles. The number of nitrogens with one attached hydrogen (secondary N) is 1. The van der Waals surface area contributed by atoms with E-state index in [4.69, 9.17) is 5.11 Å². The molecule has 0 aromatic heterocycles. The molecule has 0 heterocycles. The fourth-order valence-corrected chi connectivity index (χ4v) is 2.05. The highest BCUT2D eigenvalue weighted by molar-refractivity contribution is 7.90. The maximum atomic E-state index is 11.2. The Morgan fingerprint density at radius 3 is 2.20 bits per heavy atom. The summed E-state index contributed by atoms with van der Waals surface area (Å²) in [5.74, 6) is -3.19.